The molecule has 7 nitrogen and oxygen atoms in total. The van der Waals surface area contributed by atoms with Crippen molar-refractivity contribution in [2.45, 2.75) is 64.0 Å². The van der Waals surface area contributed by atoms with Crippen LogP contribution in [0, 0.1) is 5.92 Å². The van der Waals surface area contributed by atoms with Gasteiger partial charge in [0.25, 0.3) is 5.56 Å². The summed E-state index contributed by atoms with van der Waals surface area (Å²) in [6, 6.07) is 3.55. The van der Waals surface area contributed by atoms with Gasteiger partial charge in [0.05, 0.1) is 0 Å². The molecule has 146 valence electrons. The van der Waals surface area contributed by atoms with Crippen LogP contribution in [-0.2, 0) is 11.3 Å². The Balaban J connectivity index is 1.49. The summed E-state index contributed by atoms with van der Waals surface area (Å²) in [4.78, 5) is 38.9. The summed E-state index contributed by atoms with van der Waals surface area (Å²) in [6.45, 7) is 3.58. The number of amides is 3. The van der Waals surface area contributed by atoms with Gasteiger partial charge < -0.3 is 20.1 Å². The predicted molar refractivity (Wildman–Crippen MR) is 103 cm³/mol. The Morgan fingerprint density at radius 3 is 2.59 bits per heavy atom. The maximum absolute atomic E-state index is 12.9. The summed E-state index contributed by atoms with van der Waals surface area (Å²) in [7, 11) is 0. The van der Waals surface area contributed by atoms with Gasteiger partial charge in [-0.1, -0.05) is 19.3 Å². The van der Waals surface area contributed by atoms with E-state index >= 15 is 0 Å². The molecular weight excluding hydrogens is 344 g/mol. The van der Waals surface area contributed by atoms with E-state index in [0.717, 1.165) is 37.8 Å². The van der Waals surface area contributed by atoms with Crippen molar-refractivity contribution in [2.75, 3.05) is 18.4 Å². The molecule has 27 heavy (non-hydrogen) atoms. The monoisotopic (exact) mass is 372 g/mol. The van der Waals surface area contributed by atoms with Gasteiger partial charge in [-0.3, -0.25) is 9.59 Å². The van der Waals surface area contributed by atoms with Crippen molar-refractivity contribution in [1.82, 2.24) is 14.8 Å². The summed E-state index contributed by atoms with van der Waals surface area (Å²) < 4.78 is 1.80. The van der Waals surface area contributed by atoms with Crippen molar-refractivity contribution >= 4 is 17.6 Å². The topological polar surface area (TPSA) is 83.4 Å². The molecule has 1 aliphatic carbocycles. The molecule has 1 aromatic heterocycles. The molecule has 0 unspecified atom stereocenters. The van der Waals surface area contributed by atoms with Crippen LogP contribution in [-0.4, -0.2) is 40.5 Å². The molecular formula is C20H28N4O3. The van der Waals surface area contributed by atoms with Gasteiger partial charge in [0.1, 0.15) is 5.69 Å². The quantitative estimate of drug-likeness (QED) is 0.835. The maximum atomic E-state index is 12.9. The van der Waals surface area contributed by atoms with Crippen LogP contribution < -0.4 is 16.2 Å². The Bertz CT molecular complexity index is 797. The van der Waals surface area contributed by atoms with Crippen molar-refractivity contribution in [3.63, 3.8) is 0 Å². The van der Waals surface area contributed by atoms with Gasteiger partial charge in [-0.05, 0) is 37.3 Å². The van der Waals surface area contributed by atoms with E-state index in [2.05, 4.69) is 10.6 Å². The van der Waals surface area contributed by atoms with Crippen molar-refractivity contribution in [3.05, 3.63) is 28.2 Å². The number of urea groups is 1. The minimum absolute atomic E-state index is 0.0955. The number of hydrogen-bond acceptors (Lipinski definition) is 3. The van der Waals surface area contributed by atoms with E-state index in [1.807, 2.05) is 11.0 Å². The van der Waals surface area contributed by atoms with Crippen LogP contribution in [0.3, 0.4) is 0 Å². The number of carbonyl (C=O) groups excluding carboxylic acids is 2. The molecule has 3 heterocycles. The highest BCUT2D eigenvalue weighted by Gasteiger charge is 2.35. The highest BCUT2D eigenvalue weighted by atomic mass is 16.2. The second-order valence-corrected chi connectivity index (χ2v) is 8.24. The van der Waals surface area contributed by atoms with E-state index in [4.69, 9.17) is 0 Å². The number of carbonyl (C=O) groups is 2. The summed E-state index contributed by atoms with van der Waals surface area (Å²) in [5.74, 6) is 0.585. The van der Waals surface area contributed by atoms with Gasteiger partial charge in [0.15, 0.2) is 0 Å². The van der Waals surface area contributed by atoms with E-state index in [9.17, 15) is 14.4 Å². The Morgan fingerprint density at radius 1 is 1.07 bits per heavy atom. The third-order valence-corrected chi connectivity index (χ3v) is 6.24. The van der Waals surface area contributed by atoms with Crippen LogP contribution in [0.25, 0.3) is 0 Å². The van der Waals surface area contributed by atoms with Gasteiger partial charge in [0, 0.05) is 44.2 Å². The van der Waals surface area contributed by atoms with Crippen molar-refractivity contribution in [1.29, 1.82) is 0 Å². The molecule has 2 bridgehead atoms. The molecule has 1 aromatic rings. The lowest BCUT2D eigenvalue weighted by atomic mass is 9.83. The Labute approximate surface area is 159 Å². The molecule has 1 saturated heterocycles. The molecule has 2 fully saturated rings. The molecule has 0 aromatic carbocycles. The standard InChI is InChI=1S/C20H28N4O3/c1-13(25)23-10-14-9-15(12-23)18-8-7-17(19(26)24(18)11-14)22-20(27)21-16-5-3-2-4-6-16/h7-8,14-16H,2-6,9-12H2,1H3,(H2,21,22,27)/t14-,15+/m0/s1. The fraction of sp³-hybridized carbons (Fsp3) is 0.650. The van der Waals surface area contributed by atoms with Gasteiger partial charge in [-0.2, -0.15) is 0 Å². The van der Waals surface area contributed by atoms with Gasteiger partial charge in [-0.15, -0.1) is 0 Å². The summed E-state index contributed by atoms with van der Waals surface area (Å²) in [5, 5.41) is 5.74. The van der Waals surface area contributed by atoms with E-state index in [-0.39, 0.29) is 29.5 Å². The lowest BCUT2D eigenvalue weighted by Crippen LogP contribution is -2.49. The third kappa shape index (κ3) is 3.73. The number of anilines is 1. The van der Waals surface area contributed by atoms with Crippen LogP contribution in [0.15, 0.2) is 16.9 Å². The van der Waals surface area contributed by atoms with Crippen LogP contribution in [0.2, 0.25) is 0 Å². The van der Waals surface area contributed by atoms with Crippen LogP contribution in [0.1, 0.15) is 57.1 Å². The Hall–Kier alpha value is -2.31. The lowest BCUT2D eigenvalue weighted by molar-refractivity contribution is -0.131. The largest absolute Gasteiger partial charge is 0.342 e. The molecule has 2 atom stereocenters. The minimum atomic E-state index is -0.293. The lowest BCUT2D eigenvalue weighted by Gasteiger charge is -2.42. The minimum Gasteiger partial charge on any atom is -0.342 e. The normalized spacial score (nSPS) is 24.9. The highest BCUT2D eigenvalue weighted by molar-refractivity contribution is 5.89. The first kappa shape index (κ1) is 18.1. The molecule has 0 radical (unpaired) electrons. The second kappa shape index (κ2) is 7.37. The zero-order valence-corrected chi connectivity index (χ0v) is 15.9. The van der Waals surface area contributed by atoms with Gasteiger partial charge in [-0.25, -0.2) is 4.79 Å². The van der Waals surface area contributed by atoms with Crippen LogP contribution >= 0.6 is 0 Å². The van der Waals surface area contributed by atoms with E-state index < -0.39 is 0 Å². The van der Waals surface area contributed by atoms with Crippen LogP contribution in [0.5, 0.6) is 0 Å². The number of hydrogen-bond donors (Lipinski definition) is 2. The number of pyridine rings is 1. The predicted octanol–water partition coefficient (Wildman–Crippen LogP) is 2.27. The maximum Gasteiger partial charge on any atom is 0.319 e. The van der Waals surface area contributed by atoms with E-state index in [1.54, 1.807) is 17.6 Å². The number of fused-ring (bicyclic) bond motifs is 4. The molecule has 7 heteroatoms. The fourth-order valence-electron chi connectivity index (χ4n) is 4.89. The highest BCUT2D eigenvalue weighted by Crippen LogP contribution is 2.35. The molecule has 3 amide bonds. The molecule has 2 aliphatic heterocycles. The molecule has 1 saturated carbocycles. The molecule has 0 spiro atoms. The van der Waals surface area contributed by atoms with Gasteiger partial charge >= 0.3 is 6.03 Å². The van der Waals surface area contributed by atoms with Crippen molar-refractivity contribution in [3.8, 4) is 0 Å². The first-order valence-corrected chi connectivity index (χ1v) is 10.1. The van der Waals surface area contributed by atoms with E-state index in [0.29, 0.717) is 31.2 Å². The summed E-state index contributed by atoms with van der Waals surface area (Å²) >= 11 is 0. The average Bonchev–Trinajstić information content (AvgIpc) is 2.65. The van der Waals surface area contributed by atoms with E-state index in [1.165, 1.54) is 6.42 Å². The number of rotatable bonds is 2. The summed E-state index contributed by atoms with van der Waals surface area (Å²) in [6.07, 6.45) is 6.55. The summed E-state index contributed by atoms with van der Waals surface area (Å²) in [5.41, 5.74) is 1.16. The van der Waals surface area contributed by atoms with Gasteiger partial charge in [0.2, 0.25) is 5.91 Å². The average molecular weight is 372 g/mol. The second-order valence-electron chi connectivity index (χ2n) is 8.24. The zero-order valence-electron chi connectivity index (χ0n) is 15.9. The number of nitrogens with one attached hydrogen (secondary N) is 2. The molecule has 3 aliphatic rings. The third-order valence-electron chi connectivity index (χ3n) is 6.24. The smallest absolute Gasteiger partial charge is 0.319 e. The van der Waals surface area contributed by atoms with Crippen LogP contribution in [0.4, 0.5) is 10.5 Å². The molecule has 2 N–H and O–H groups in total. The first-order chi connectivity index (χ1) is 13.0. The zero-order chi connectivity index (χ0) is 19.0. The SMILES string of the molecule is CC(=O)N1C[C@@H]2C[C@H](C1)c1ccc(NC(=O)NC3CCCCC3)c(=O)n1C2. The Kier molecular flexibility index (Phi) is 4.93. The number of aromatic nitrogens is 1. The van der Waals surface area contributed by atoms with Crippen molar-refractivity contribution in [2.24, 2.45) is 5.92 Å². The number of likely N-dealkylation sites (tertiary alicyclic amines) is 1. The Morgan fingerprint density at radius 2 is 1.85 bits per heavy atom. The number of nitrogens with zero attached hydrogens (tertiary/aromatic N) is 2. The first-order valence-electron chi connectivity index (χ1n) is 10.1. The van der Waals surface area contributed by atoms with Crippen molar-refractivity contribution < 1.29 is 9.59 Å². The fourth-order valence-corrected chi connectivity index (χ4v) is 4.89. The number of piperidine rings is 1. The molecule has 4 rings (SSSR count).